The Labute approximate surface area is 109 Å². The predicted molar refractivity (Wildman–Crippen MR) is 67.4 cm³/mol. The van der Waals surface area contributed by atoms with Crippen molar-refractivity contribution in [2.75, 3.05) is 18.1 Å². The lowest BCUT2D eigenvalue weighted by molar-refractivity contribution is -0.142. The summed E-state index contributed by atoms with van der Waals surface area (Å²) in [6.45, 7) is 1.30. The molecular weight excluding hydrogens is 262 g/mol. The minimum absolute atomic E-state index is 0.427. The van der Waals surface area contributed by atoms with Crippen molar-refractivity contribution in [1.82, 2.24) is 14.5 Å². The van der Waals surface area contributed by atoms with Gasteiger partial charge in [-0.05, 0) is 0 Å². The molecular formula is C10H14ClN3O2S. The van der Waals surface area contributed by atoms with E-state index >= 15 is 0 Å². The van der Waals surface area contributed by atoms with Crippen LogP contribution in [0, 0.1) is 0 Å². The highest BCUT2D eigenvalue weighted by Gasteiger charge is 2.29. The van der Waals surface area contributed by atoms with Crippen molar-refractivity contribution in [3.05, 3.63) is 17.2 Å². The second-order valence-corrected chi connectivity index (χ2v) is 5.49. The van der Waals surface area contributed by atoms with Crippen LogP contribution >= 0.6 is 23.4 Å². The van der Waals surface area contributed by atoms with Gasteiger partial charge in [-0.25, -0.2) is 4.98 Å². The minimum atomic E-state index is -0.766. The fraction of sp³-hybridized carbons (Fsp3) is 0.600. The Hall–Kier alpha value is -0.720. The normalized spacial score (nSPS) is 21.6. The summed E-state index contributed by atoms with van der Waals surface area (Å²) in [7, 11) is 1.83. The number of aromatic nitrogens is 2. The van der Waals surface area contributed by atoms with Crippen LogP contribution in [0.3, 0.4) is 0 Å². The number of halogens is 1. The predicted octanol–water partition coefficient (Wildman–Crippen LogP) is 1.08. The average Bonchev–Trinajstić information content (AvgIpc) is 2.61. The van der Waals surface area contributed by atoms with Crippen LogP contribution in [0.2, 0.25) is 5.15 Å². The van der Waals surface area contributed by atoms with Crippen molar-refractivity contribution in [1.29, 1.82) is 0 Å². The molecule has 1 fully saturated rings. The Balaban J connectivity index is 2.10. The molecule has 1 aromatic rings. The van der Waals surface area contributed by atoms with Crippen molar-refractivity contribution in [3.8, 4) is 0 Å². The number of carboxylic acids is 1. The van der Waals surface area contributed by atoms with Gasteiger partial charge in [0.05, 0.1) is 12.7 Å². The van der Waals surface area contributed by atoms with Crippen molar-refractivity contribution < 1.29 is 9.90 Å². The van der Waals surface area contributed by atoms with E-state index in [0.717, 1.165) is 18.1 Å². The minimum Gasteiger partial charge on any atom is -0.480 e. The molecule has 0 saturated carbocycles. The van der Waals surface area contributed by atoms with Crippen molar-refractivity contribution >= 4 is 29.3 Å². The van der Waals surface area contributed by atoms with Gasteiger partial charge in [-0.2, -0.15) is 11.8 Å². The number of hydrogen-bond acceptors (Lipinski definition) is 4. The molecule has 1 unspecified atom stereocenters. The van der Waals surface area contributed by atoms with E-state index in [1.54, 1.807) is 22.5 Å². The number of thioether (sulfide) groups is 1. The first-order valence-corrected chi connectivity index (χ1v) is 6.83. The third-order valence-electron chi connectivity index (χ3n) is 2.90. The fourth-order valence-corrected chi connectivity index (χ4v) is 3.06. The van der Waals surface area contributed by atoms with Gasteiger partial charge >= 0.3 is 5.97 Å². The van der Waals surface area contributed by atoms with Crippen LogP contribution in [-0.2, 0) is 18.4 Å². The molecule has 0 radical (unpaired) electrons. The van der Waals surface area contributed by atoms with Crippen LogP contribution in [0.5, 0.6) is 0 Å². The van der Waals surface area contributed by atoms with Gasteiger partial charge < -0.3 is 9.67 Å². The molecule has 1 N–H and O–H groups in total. The van der Waals surface area contributed by atoms with Gasteiger partial charge in [-0.1, -0.05) is 11.6 Å². The van der Waals surface area contributed by atoms with Gasteiger partial charge in [0.25, 0.3) is 0 Å². The van der Waals surface area contributed by atoms with E-state index in [0.29, 0.717) is 17.5 Å². The second-order valence-electron chi connectivity index (χ2n) is 3.96. The van der Waals surface area contributed by atoms with E-state index in [9.17, 15) is 4.79 Å². The summed E-state index contributed by atoms with van der Waals surface area (Å²) in [5, 5.41) is 9.72. The first-order valence-electron chi connectivity index (χ1n) is 5.30. The maximum absolute atomic E-state index is 11.1. The van der Waals surface area contributed by atoms with Gasteiger partial charge in [0, 0.05) is 25.1 Å². The number of rotatable bonds is 3. The maximum atomic E-state index is 11.1. The smallest absolute Gasteiger partial charge is 0.321 e. The van der Waals surface area contributed by atoms with Gasteiger partial charge in [-0.3, -0.25) is 9.69 Å². The van der Waals surface area contributed by atoms with Gasteiger partial charge in [0.2, 0.25) is 0 Å². The number of carbonyl (C=O) groups is 1. The van der Waals surface area contributed by atoms with Crippen molar-refractivity contribution in [2.45, 2.75) is 12.6 Å². The Kier molecular flexibility index (Phi) is 3.96. The van der Waals surface area contributed by atoms with E-state index < -0.39 is 12.0 Å². The van der Waals surface area contributed by atoms with Crippen LogP contribution in [0.4, 0.5) is 0 Å². The lowest BCUT2D eigenvalue weighted by atomic mass is 10.2. The molecule has 0 spiro atoms. The molecule has 0 amide bonds. The van der Waals surface area contributed by atoms with Crippen LogP contribution < -0.4 is 0 Å². The standard InChI is InChI=1S/C10H14ClN3O2S/c1-13-8(11)4-12-9(13)5-14-2-3-17-6-7(14)10(15)16/h4,7H,2-3,5-6H2,1H3,(H,15,16). The summed E-state index contributed by atoms with van der Waals surface area (Å²) in [5.41, 5.74) is 0. The summed E-state index contributed by atoms with van der Waals surface area (Å²) in [6.07, 6.45) is 1.59. The first kappa shape index (κ1) is 12.7. The molecule has 0 aliphatic carbocycles. The number of hydrogen-bond donors (Lipinski definition) is 1. The average molecular weight is 276 g/mol. The maximum Gasteiger partial charge on any atom is 0.321 e. The zero-order chi connectivity index (χ0) is 12.4. The Morgan fingerprint density at radius 3 is 3.12 bits per heavy atom. The zero-order valence-corrected chi connectivity index (χ0v) is 11.0. The highest BCUT2D eigenvalue weighted by molar-refractivity contribution is 7.99. The molecule has 7 heteroatoms. The Morgan fingerprint density at radius 1 is 1.76 bits per heavy atom. The number of carboxylic acid groups (broad SMARTS) is 1. The summed E-state index contributed by atoms with van der Waals surface area (Å²) < 4.78 is 1.78. The van der Waals surface area contributed by atoms with Gasteiger partial charge in [-0.15, -0.1) is 0 Å². The third kappa shape index (κ3) is 2.75. The largest absolute Gasteiger partial charge is 0.480 e. The summed E-state index contributed by atoms with van der Waals surface area (Å²) in [6, 6.07) is -0.427. The van der Waals surface area contributed by atoms with Crippen LogP contribution in [0.1, 0.15) is 5.82 Å². The fourth-order valence-electron chi connectivity index (χ4n) is 1.81. The quantitative estimate of drug-likeness (QED) is 0.894. The Bertz CT molecular complexity index is 424. The van der Waals surface area contributed by atoms with E-state index in [2.05, 4.69) is 4.98 Å². The molecule has 0 aromatic carbocycles. The summed E-state index contributed by atoms with van der Waals surface area (Å²) >= 11 is 7.59. The molecule has 5 nitrogen and oxygen atoms in total. The van der Waals surface area contributed by atoms with Crippen molar-refractivity contribution in [2.24, 2.45) is 7.05 Å². The van der Waals surface area contributed by atoms with Crippen molar-refractivity contribution in [3.63, 3.8) is 0 Å². The number of nitrogens with zero attached hydrogens (tertiary/aromatic N) is 3. The molecule has 1 saturated heterocycles. The van der Waals surface area contributed by atoms with Gasteiger partial charge in [0.1, 0.15) is 17.0 Å². The highest BCUT2D eigenvalue weighted by atomic mass is 35.5. The molecule has 1 aromatic heterocycles. The molecule has 94 valence electrons. The van der Waals surface area contributed by atoms with E-state index in [-0.39, 0.29) is 0 Å². The second kappa shape index (κ2) is 5.29. The number of aliphatic carboxylic acids is 1. The lowest BCUT2D eigenvalue weighted by Crippen LogP contribution is -2.47. The topological polar surface area (TPSA) is 58.4 Å². The molecule has 0 bridgehead atoms. The highest BCUT2D eigenvalue weighted by Crippen LogP contribution is 2.19. The molecule has 1 atom stereocenters. The molecule has 2 rings (SSSR count). The van der Waals surface area contributed by atoms with E-state index in [4.69, 9.17) is 16.7 Å². The first-order chi connectivity index (χ1) is 8.09. The van der Waals surface area contributed by atoms with Crippen LogP contribution in [-0.4, -0.2) is 49.6 Å². The monoisotopic (exact) mass is 275 g/mol. The molecule has 1 aliphatic rings. The summed E-state index contributed by atoms with van der Waals surface area (Å²) in [5.74, 6) is 1.63. The third-order valence-corrected chi connectivity index (χ3v) is 4.27. The Morgan fingerprint density at radius 2 is 2.53 bits per heavy atom. The van der Waals surface area contributed by atoms with E-state index in [1.807, 2.05) is 11.9 Å². The number of imidazole rings is 1. The zero-order valence-electron chi connectivity index (χ0n) is 9.47. The van der Waals surface area contributed by atoms with Gasteiger partial charge in [0.15, 0.2) is 0 Å². The summed E-state index contributed by atoms with van der Waals surface area (Å²) in [4.78, 5) is 17.3. The van der Waals surface area contributed by atoms with Crippen LogP contribution in [0.15, 0.2) is 6.20 Å². The molecule has 2 heterocycles. The lowest BCUT2D eigenvalue weighted by Gasteiger charge is -2.32. The van der Waals surface area contributed by atoms with Crippen LogP contribution in [0.25, 0.3) is 0 Å². The SMILES string of the molecule is Cn1c(Cl)cnc1CN1CCSCC1C(=O)O. The molecule has 17 heavy (non-hydrogen) atoms. The molecule has 1 aliphatic heterocycles. The van der Waals surface area contributed by atoms with E-state index in [1.165, 1.54) is 0 Å².